The predicted molar refractivity (Wildman–Crippen MR) is 69.5 cm³/mol. The summed E-state index contributed by atoms with van der Waals surface area (Å²) in [5.74, 6) is 4.18. The summed E-state index contributed by atoms with van der Waals surface area (Å²) in [7, 11) is 0. The van der Waals surface area contributed by atoms with Crippen LogP contribution in [0.3, 0.4) is 0 Å². The van der Waals surface area contributed by atoms with Gasteiger partial charge < -0.3 is 4.74 Å². The van der Waals surface area contributed by atoms with E-state index in [0.29, 0.717) is 0 Å². The first-order valence-electron chi connectivity index (χ1n) is 5.72. The van der Waals surface area contributed by atoms with Crippen LogP contribution in [0.2, 0.25) is 0 Å². The molecule has 0 unspecified atom stereocenters. The molecule has 0 N–H and O–H groups in total. The molecule has 2 rings (SSSR count). The smallest absolute Gasteiger partial charge is 0.385 e. The van der Waals surface area contributed by atoms with E-state index >= 15 is 0 Å². The second kappa shape index (κ2) is 6.36. The van der Waals surface area contributed by atoms with Crippen LogP contribution in [-0.4, -0.2) is 5.97 Å². The number of halogens is 1. The Bertz CT molecular complexity index is 607. The molecule has 0 heterocycles. The second-order valence-corrected chi connectivity index (χ2v) is 3.82. The molecule has 19 heavy (non-hydrogen) atoms. The molecular weight excluding hydrogens is 243 g/mol. The molecule has 3 heteroatoms. The maximum atomic E-state index is 12.7. The van der Waals surface area contributed by atoms with Gasteiger partial charge in [-0.05, 0) is 29.8 Å². The van der Waals surface area contributed by atoms with E-state index in [1.165, 1.54) is 12.1 Å². The third-order valence-electron chi connectivity index (χ3n) is 2.37. The minimum atomic E-state index is -0.604. The first-order chi connectivity index (χ1) is 9.24. The molecule has 0 radical (unpaired) electrons. The maximum Gasteiger partial charge on any atom is 0.385 e. The van der Waals surface area contributed by atoms with Gasteiger partial charge in [-0.15, -0.1) is 0 Å². The number of hydrogen-bond donors (Lipinski definition) is 0. The van der Waals surface area contributed by atoms with E-state index in [-0.39, 0.29) is 12.4 Å². The molecule has 0 fully saturated rings. The number of ether oxygens (including phenoxy) is 1. The van der Waals surface area contributed by atoms with Gasteiger partial charge in [-0.3, -0.25) is 0 Å². The Labute approximate surface area is 110 Å². The van der Waals surface area contributed by atoms with Crippen LogP contribution in [0.15, 0.2) is 54.6 Å². The van der Waals surface area contributed by atoms with Gasteiger partial charge in [-0.1, -0.05) is 36.3 Å². The van der Waals surface area contributed by atoms with Crippen molar-refractivity contribution in [3.63, 3.8) is 0 Å². The van der Waals surface area contributed by atoms with Crippen LogP contribution in [0.5, 0.6) is 0 Å². The zero-order valence-electron chi connectivity index (χ0n) is 10.1. The van der Waals surface area contributed by atoms with Crippen LogP contribution in [0.4, 0.5) is 4.39 Å². The molecule has 2 aromatic rings. The van der Waals surface area contributed by atoms with E-state index in [2.05, 4.69) is 11.8 Å². The van der Waals surface area contributed by atoms with Crippen LogP contribution < -0.4 is 0 Å². The highest BCUT2D eigenvalue weighted by atomic mass is 19.1. The van der Waals surface area contributed by atoms with E-state index < -0.39 is 5.97 Å². The molecule has 0 saturated heterocycles. The van der Waals surface area contributed by atoms with Crippen molar-refractivity contribution in [2.24, 2.45) is 0 Å². The lowest BCUT2D eigenvalue weighted by Crippen LogP contribution is -2.01. The third kappa shape index (κ3) is 4.29. The highest BCUT2D eigenvalue weighted by Gasteiger charge is 1.99. The minimum Gasteiger partial charge on any atom is -0.451 e. The molecule has 0 bridgehead atoms. The molecule has 2 nitrogen and oxygen atoms in total. The summed E-state index contributed by atoms with van der Waals surface area (Å²) in [4.78, 5) is 11.4. The molecule has 0 aliphatic carbocycles. The zero-order chi connectivity index (χ0) is 13.5. The summed E-state index contributed by atoms with van der Waals surface area (Å²) < 4.78 is 17.6. The summed E-state index contributed by atoms with van der Waals surface area (Å²) in [5.41, 5.74) is 1.47. The predicted octanol–water partition coefficient (Wildman–Crippen LogP) is 2.92. The van der Waals surface area contributed by atoms with Gasteiger partial charge in [0.25, 0.3) is 0 Å². The SMILES string of the molecule is O=C(C#Cc1ccccc1)OCc1ccc(F)cc1. The Kier molecular flexibility index (Phi) is 4.30. The lowest BCUT2D eigenvalue weighted by Gasteiger charge is -2.00. The summed E-state index contributed by atoms with van der Waals surface area (Å²) in [5, 5.41) is 0. The Balaban J connectivity index is 1.89. The van der Waals surface area contributed by atoms with Crippen LogP contribution in [0.1, 0.15) is 11.1 Å². The fourth-order valence-electron chi connectivity index (χ4n) is 1.41. The number of carbonyl (C=O) groups is 1. The quantitative estimate of drug-likeness (QED) is 0.608. The highest BCUT2D eigenvalue weighted by molar-refractivity contribution is 5.89. The Morgan fingerprint density at radius 2 is 1.74 bits per heavy atom. The monoisotopic (exact) mass is 254 g/mol. The van der Waals surface area contributed by atoms with Crippen molar-refractivity contribution in [2.45, 2.75) is 6.61 Å². The summed E-state index contributed by atoms with van der Waals surface area (Å²) >= 11 is 0. The Morgan fingerprint density at radius 3 is 2.42 bits per heavy atom. The number of benzene rings is 2. The minimum absolute atomic E-state index is 0.0859. The zero-order valence-corrected chi connectivity index (χ0v) is 10.1. The van der Waals surface area contributed by atoms with Gasteiger partial charge >= 0.3 is 5.97 Å². The summed E-state index contributed by atoms with van der Waals surface area (Å²) in [6, 6.07) is 14.9. The fourth-order valence-corrected chi connectivity index (χ4v) is 1.41. The number of esters is 1. The number of rotatable bonds is 2. The fraction of sp³-hybridized carbons (Fsp3) is 0.0625. The number of hydrogen-bond acceptors (Lipinski definition) is 2. The van der Waals surface area contributed by atoms with Gasteiger partial charge in [0.1, 0.15) is 12.4 Å². The molecule has 0 atom stereocenters. The summed E-state index contributed by atoms with van der Waals surface area (Å²) in [6.07, 6.45) is 0. The molecule has 0 saturated carbocycles. The van der Waals surface area contributed by atoms with Gasteiger partial charge in [-0.2, -0.15) is 0 Å². The molecule has 0 amide bonds. The lowest BCUT2D eigenvalue weighted by molar-refractivity contribution is -0.137. The van der Waals surface area contributed by atoms with Crippen molar-refractivity contribution in [3.05, 3.63) is 71.5 Å². The van der Waals surface area contributed by atoms with Crippen LogP contribution in [0.25, 0.3) is 0 Å². The van der Waals surface area contributed by atoms with Crippen LogP contribution >= 0.6 is 0 Å². The van der Waals surface area contributed by atoms with Gasteiger partial charge in [0, 0.05) is 11.5 Å². The second-order valence-electron chi connectivity index (χ2n) is 3.82. The van der Waals surface area contributed by atoms with Crippen molar-refractivity contribution < 1.29 is 13.9 Å². The van der Waals surface area contributed by atoms with Crippen molar-refractivity contribution in [1.82, 2.24) is 0 Å². The topological polar surface area (TPSA) is 26.3 Å². The van der Waals surface area contributed by atoms with Crippen LogP contribution in [0, 0.1) is 17.7 Å². The first kappa shape index (κ1) is 12.8. The van der Waals surface area contributed by atoms with E-state index in [0.717, 1.165) is 11.1 Å². The average Bonchev–Trinajstić information content (AvgIpc) is 2.45. The molecule has 94 valence electrons. The van der Waals surface area contributed by atoms with E-state index in [1.54, 1.807) is 24.3 Å². The Hall–Kier alpha value is -2.60. The normalized spacial score (nSPS) is 9.32. The first-order valence-corrected chi connectivity index (χ1v) is 5.72. The van der Waals surface area contributed by atoms with E-state index in [1.807, 2.05) is 18.2 Å². The van der Waals surface area contributed by atoms with Gasteiger partial charge in [0.05, 0.1) is 0 Å². The standard InChI is InChI=1S/C16H11FO2/c17-15-9-6-14(7-10-15)12-19-16(18)11-8-13-4-2-1-3-5-13/h1-7,9-10H,12H2. The lowest BCUT2D eigenvalue weighted by atomic mass is 10.2. The van der Waals surface area contributed by atoms with Gasteiger partial charge in [-0.25, -0.2) is 9.18 Å². The summed E-state index contributed by atoms with van der Waals surface area (Å²) in [6.45, 7) is 0.0859. The molecule has 0 aliphatic heterocycles. The largest absolute Gasteiger partial charge is 0.451 e. The molecule has 0 aromatic heterocycles. The van der Waals surface area contributed by atoms with Crippen molar-refractivity contribution in [1.29, 1.82) is 0 Å². The molecular formula is C16H11FO2. The van der Waals surface area contributed by atoms with E-state index in [9.17, 15) is 9.18 Å². The molecule has 0 aliphatic rings. The van der Waals surface area contributed by atoms with Crippen LogP contribution in [-0.2, 0) is 16.1 Å². The molecule has 2 aromatic carbocycles. The van der Waals surface area contributed by atoms with Gasteiger partial charge in [0.15, 0.2) is 0 Å². The Morgan fingerprint density at radius 1 is 1.05 bits per heavy atom. The average molecular weight is 254 g/mol. The number of carbonyl (C=O) groups excluding carboxylic acids is 1. The third-order valence-corrected chi connectivity index (χ3v) is 2.37. The van der Waals surface area contributed by atoms with E-state index in [4.69, 9.17) is 4.74 Å². The molecule has 0 spiro atoms. The highest BCUT2D eigenvalue weighted by Crippen LogP contribution is 2.04. The van der Waals surface area contributed by atoms with Crippen molar-refractivity contribution in [3.8, 4) is 11.8 Å². The van der Waals surface area contributed by atoms with Gasteiger partial charge in [0.2, 0.25) is 0 Å². The van der Waals surface area contributed by atoms with Crippen molar-refractivity contribution in [2.75, 3.05) is 0 Å². The maximum absolute atomic E-state index is 12.7. The van der Waals surface area contributed by atoms with Crippen molar-refractivity contribution >= 4 is 5.97 Å².